The quantitative estimate of drug-likeness (QED) is 0.425. The largest absolute Gasteiger partial charge is 0.490 e. The molecule has 6 rings (SSSR count). The maximum Gasteiger partial charge on any atom is 0.415 e. The number of anilines is 2. The molecule has 0 spiro atoms. The zero-order chi connectivity index (χ0) is 25.6. The molecule has 0 radical (unpaired) electrons. The summed E-state index contributed by atoms with van der Waals surface area (Å²) in [7, 11) is 0. The van der Waals surface area contributed by atoms with Crippen LogP contribution >= 0.6 is 11.6 Å². The van der Waals surface area contributed by atoms with Gasteiger partial charge in [0, 0.05) is 6.04 Å². The second-order valence-electron chi connectivity index (χ2n) is 10.3. The van der Waals surface area contributed by atoms with Gasteiger partial charge >= 0.3 is 6.09 Å². The van der Waals surface area contributed by atoms with Crippen LogP contribution in [0.2, 0.25) is 5.02 Å². The van der Waals surface area contributed by atoms with Gasteiger partial charge in [-0.05, 0) is 74.4 Å². The topological polar surface area (TPSA) is 128 Å². The van der Waals surface area contributed by atoms with Gasteiger partial charge in [0.05, 0.1) is 17.1 Å². The molecule has 2 aliphatic heterocycles. The zero-order valence-electron chi connectivity index (χ0n) is 20.4. The van der Waals surface area contributed by atoms with Crippen LogP contribution in [-0.4, -0.2) is 61.0 Å². The first-order chi connectivity index (χ1) is 17.9. The van der Waals surface area contributed by atoms with Crippen molar-refractivity contribution in [1.82, 2.24) is 10.3 Å². The van der Waals surface area contributed by atoms with E-state index in [9.17, 15) is 9.59 Å². The Bertz CT molecular complexity index is 1240. The SMILES string of the molecule is NC1(COc2ccc3c(c2Cl)CC(NCCCC2CN(c4ccc5c(n4)NC(=O)CO5)C(=O)O2)C3)CC1. The molecule has 11 heteroatoms. The number of amides is 2. The van der Waals surface area contributed by atoms with Gasteiger partial charge in [-0.15, -0.1) is 0 Å². The number of fused-ring (bicyclic) bond motifs is 2. The zero-order valence-corrected chi connectivity index (χ0v) is 21.2. The molecule has 2 atom stereocenters. The van der Waals surface area contributed by atoms with Crippen molar-refractivity contribution >= 4 is 35.2 Å². The molecule has 2 fully saturated rings. The van der Waals surface area contributed by atoms with Gasteiger partial charge in [-0.1, -0.05) is 17.7 Å². The number of nitrogens with zero attached hydrogens (tertiary/aromatic N) is 2. The molecule has 0 bridgehead atoms. The number of carbonyl (C=O) groups is 2. The number of carbonyl (C=O) groups excluding carboxylic acids is 2. The third-order valence-corrected chi connectivity index (χ3v) is 7.79. The van der Waals surface area contributed by atoms with E-state index in [0.717, 1.165) is 50.6 Å². The number of aromatic nitrogens is 1. The van der Waals surface area contributed by atoms with Crippen LogP contribution < -0.4 is 30.7 Å². The second kappa shape index (κ2) is 9.66. The molecule has 2 aromatic rings. The van der Waals surface area contributed by atoms with E-state index in [-0.39, 0.29) is 24.2 Å². The fourth-order valence-corrected chi connectivity index (χ4v) is 5.33. The van der Waals surface area contributed by atoms with Crippen LogP contribution in [0.5, 0.6) is 11.5 Å². The van der Waals surface area contributed by atoms with E-state index in [0.29, 0.717) is 47.4 Å². The number of ether oxygens (including phenoxy) is 3. The summed E-state index contributed by atoms with van der Waals surface area (Å²) in [5.41, 5.74) is 8.36. The molecule has 2 aliphatic carbocycles. The maximum absolute atomic E-state index is 12.4. The van der Waals surface area contributed by atoms with Gasteiger partial charge in [0.25, 0.3) is 5.91 Å². The Hall–Kier alpha value is -3.08. The minimum Gasteiger partial charge on any atom is -0.490 e. The fourth-order valence-electron chi connectivity index (χ4n) is 5.02. The lowest BCUT2D eigenvalue weighted by Gasteiger charge is -2.19. The summed E-state index contributed by atoms with van der Waals surface area (Å²) in [6.07, 6.45) is 4.72. The Morgan fingerprint density at radius 3 is 2.95 bits per heavy atom. The Kier molecular flexibility index (Phi) is 6.34. The molecule has 2 unspecified atom stereocenters. The molecular weight excluding hydrogens is 498 g/mol. The van der Waals surface area contributed by atoms with E-state index >= 15 is 0 Å². The van der Waals surface area contributed by atoms with Gasteiger partial charge in [-0.3, -0.25) is 9.69 Å². The molecule has 1 saturated heterocycles. The molecule has 4 aliphatic rings. The highest BCUT2D eigenvalue weighted by molar-refractivity contribution is 6.33. The molecule has 1 aromatic heterocycles. The molecule has 196 valence electrons. The van der Waals surface area contributed by atoms with E-state index in [2.05, 4.69) is 21.7 Å². The van der Waals surface area contributed by atoms with Gasteiger partial charge in [-0.25, -0.2) is 9.78 Å². The normalized spacial score (nSPS) is 23.1. The van der Waals surface area contributed by atoms with E-state index < -0.39 is 6.09 Å². The molecule has 2 amide bonds. The third kappa shape index (κ3) is 5.18. The Balaban J connectivity index is 0.963. The van der Waals surface area contributed by atoms with E-state index in [1.807, 2.05) is 6.07 Å². The minimum absolute atomic E-state index is 0.0410. The Morgan fingerprint density at radius 2 is 2.11 bits per heavy atom. The van der Waals surface area contributed by atoms with Gasteiger partial charge in [0.2, 0.25) is 0 Å². The first-order valence-electron chi connectivity index (χ1n) is 12.7. The van der Waals surface area contributed by atoms with Crippen LogP contribution in [0.15, 0.2) is 24.3 Å². The number of pyridine rings is 1. The van der Waals surface area contributed by atoms with Crippen LogP contribution in [0, 0.1) is 0 Å². The number of nitrogens with one attached hydrogen (secondary N) is 2. The van der Waals surface area contributed by atoms with Crippen molar-refractivity contribution in [3.05, 3.63) is 40.4 Å². The monoisotopic (exact) mass is 527 g/mol. The van der Waals surface area contributed by atoms with Crippen molar-refractivity contribution in [3.8, 4) is 11.5 Å². The standard InChI is InChI=1S/C26H30ClN5O5/c27-23-18-11-16(10-15(18)3-4-19(23)36-14-26(28)7-8-26)29-9-1-2-17-12-32(25(34)37-17)21-6-5-20-24(30-21)31-22(33)13-35-20/h3-6,16-17,29H,1-2,7-14,28H2,(H,30,31,33). The van der Waals surface area contributed by atoms with Crippen LogP contribution in [0.3, 0.4) is 0 Å². The smallest absolute Gasteiger partial charge is 0.415 e. The summed E-state index contributed by atoms with van der Waals surface area (Å²) in [4.78, 5) is 29.9. The summed E-state index contributed by atoms with van der Waals surface area (Å²) in [6.45, 7) is 1.69. The van der Waals surface area contributed by atoms with Gasteiger partial charge in [0.15, 0.2) is 18.2 Å². The van der Waals surface area contributed by atoms with Crippen LogP contribution in [0.4, 0.5) is 16.4 Å². The highest BCUT2D eigenvalue weighted by Crippen LogP contribution is 2.38. The summed E-state index contributed by atoms with van der Waals surface area (Å²) in [6, 6.07) is 7.76. The molecule has 1 saturated carbocycles. The number of cyclic esters (lactones) is 1. The van der Waals surface area contributed by atoms with Gasteiger partial charge < -0.3 is 30.6 Å². The average molecular weight is 528 g/mol. The van der Waals surface area contributed by atoms with Gasteiger partial charge in [0.1, 0.15) is 24.3 Å². The predicted octanol–water partition coefficient (Wildman–Crippen LogP) is 2.80. The number of halogens is 1. The number of hydrogen-bond acceptors (Lipinski definition) is 8. The fraction of sp³-hybridized carbons (Fsp3) is 0.500. The second-order valence-corrected chi connectivity index (χ2v) is 10.7. The molecule has 1 aromatic carbocycles. The van der Waals surface area contributed by atoms with E-state index in [4.69, 9.17) is 31.5 Å². The summed E-state index contributed by atoms with van der Waals surface area (Å²) >= 11 is 6.66. The number of hydrogen-bond donors (Lipinski definition) is 3. The number of benzene rings is 1. The van der Waals surface area contributed by atoms with Crippen LogP contribution in [0.1, 0.15) is 36.8 Å². The Labute approximate surface area is 219 Å². The summed E-state index contributed by atoms with van der Waals surface area (Å²) in [5, 5.41) is 6.98. The molecule has 37 heavy (non-hydrogen) atoms. The third-order valence-electron chi connectivity index (χ3n) is 7.38. The number of nitrogens with two attached hydrogens (primary N) is 1. The lowest BCUT2D eigenvalue weighted by molar-refractivity contribution is -0.118. The Morgan fingerprint density at radius 1 is 1.24 bits per heavy atom. The lowest BCUT2D eigenvalue weighted by Crippen LogP contribution is -2.31. The molecule has 3 heterocycles. The van der Waals surface area contributed by atoms with Crippen LogP contribution in [-0.2, 0) is 22.4 Å². The van der Waals surface area contributed by atoms with Crippen molar-refractivity contribution in [2.24, 2.45) is 5.73 Å². The van der Waals surface area contributed by atoms with Crippen molar-refractivity contribution in [2.75, 3.05) is 36.5 Å². The van der Waals surface area contributed by atoms with E-state index in [1.165, 1.54) is 10.5 Å². The first kappa shape index (κ1) is 24.3. The van der Waals surface area contributed by atoms with Crippen molar-refractivity contribution in [1.29, 1.82) is 0 Å². The average Bonchev–Trinajstić information content (AvgIpc) is 3.29. The molecule has 4 N–H and O–H groups in total. The molecule has 10 nitrogen and oxygen atoms in total. The first-order valence-corrected chi connectivity index (χ1v) is 13.1. The minimum atomic E-state index is -0.436. The van der Waals surface area contributed by atoms with Gasteiger partial charge in [-0.2, -0.15) is 0 Å². The highest BCUT2D eigenvalue weighted by atomic mass is 35.5. The highest BCUT2D eigenvalue weighted by Gasteiger charge is 2.39. The predicted molar refractivity (Wildman–Crippen MR) is 138 cm³/mol. The van der Waals surface area contributed by atoms with E-state index in [1.54, 1.807) is 12.1 Å². The van der Waals surface area contributed by atoms with Crippen molar-refractivity contribution in [3.63, 3.8) is 0 Å². The summed E-state index contributed by atoms with van der Waals surface area (Å²) < 4.78 is 16.8. The lowest BCUT2D eigenvalue weighted by atomic mass is 10.1. The van der Waals surface area contributed by atoms with Crippen molar-refractivity contribution in [2.45, 2.75) is 56.2 Å². The van der Waals surface area contributed by atoms with Crippen molar-refractivity contribution < 1.29 is 23.8 Å². The summed E-state index contributed by atoms with van der Waals surface area (Å²) in [5.74, 6) is 1.68. The van der Waals surface area contributed by atoms with Crippen LogP contribution in [0.25, 0.3) is 0 Å². The number of rotatable bonds is 9. The maximum atomic E-state index is 12.4. The molecular formula is C26H30ClN5O5.